The maximum Gasteiger partial charge on any atom is 0.331 e. The first kappa shape index (κ1) is 14.4. The van der Waals surface area contributed by atoms with Gasteiger partial charge in [-0.25, -0.2) is 9.59 Å². The number of urea groups is 2. The number of aliphatic carboxylic acids is 1. The number of rotatable bonds is 4. The van der Waals surface area contributed by atoms with Gasteiger partial charge in [-0.3, -0.25) is 34.7 Å². The minimum absolute atomic E-state index is 0.453. The summed E-state index contributed by atoms with van der Waals surface area (Å²) < 4.78 is 0. The van der Waals surface area contributed by atoms with Crippen LogP contribution in [0, 0.1) is 0 Å². The summed E-state index contributed by atoms with van der Waals surface area (Å²) in [5.41, 5.74) is 0. The molecule has 2 aliphatic rings. The second kappa shape index (κ2) is 5.19. The van der Waals surface area contributed by atoms with Crippen LogP contribution in [0.25, 0.3) is 0 Å². The van der Waals surface area contributed by atoms with E-state index in [2.05, 4.69) is 5.32 Å². The number of carboxylic acid groups (broad SMARTS) is 1. The first-order chi connectivity index (χ1) is 9.79. The van der Waals surface area contributed by atoms with Crippen LogP contribution in [-0.4, -0.2) is 57.8 Å². The number of carbonyl (C=O) groups is 6. The molecular weight excluding hydrogens is 288 g/mol. The number of hydrogen-bond donors (Lipinski definition) is 4. The predicted molar refractivity (Wildman–Crippen MR) is 61.5 cm³/mol. The highest BCUT2D eigenvalue weighted by Crippen LogP contribution is 2.15. The lowest BCUT2D eigenvalue weighted by Crippen LogP contribution is -2.44. The number of nitrogens with zero attached hydrogens (tertiary/aromatic N) is 1. The average molecular weight is 298 g/mol. The van der Waals surface area contributed by atoms with E-state index in [0.29, 0.717) is 4.90 Å². The second-order valence-corrected chi connectivity index (χ2v) is 4.39. The molecule has 0 aromatic heterocycles. The number of hydrogen-bond acceptors (Lipinski definition) is 6. The van der Waals surface area contributed by atoms with Crippen molar-refractivity contribution in [2.45, 2.75) is 24.9 Å². The Morgan fingerprint density at radius 1 is 1.05 bits per heavy atom. The molecule has 11 nitrogen and oxygen atoms in total. The van der Waals surface area contributed by atoms with Crippen molar-refractivity contribution in [2.75, 3.05) is 0 Å². The minimum atomic E-state index is -1.47. The maximum atomic E-state index is 12.0. The molecule has 4 N–H and O–H groups in total. The molecule has 0 radical (unpaired) electrons. The van der Waals surface area contributed by atoms with E-state index in [9.17, 15) is 28.8 Å². The van der Waals surface area contributed by atoms with Crippen LogP contribution < -0.4 is 16.0 Å². The van der Waals surface area contributed by atoms with E-state index in [1.54, 1.807) is 0 Å². The van der Waals surface area contributed by atoms with Gasteiger partial charge in [0.1, 0.15) is 12.1 Å². The Labute approximate surface area is 116 Å². The minimum Gasteiger partial charge on any atom is -0.481 e. The third-order valence-electron chi connectivity index (χ3n) is 2.94. The summed E-state index contributed by atoms with van der Waals surface area (Å²) in [5.74, 6) is -3.95. The quantitative estimate of drug-likeness (QED) is 0.417. The summed E-state index contributed by atoms with van der Waals surface area (Å²) in [6.07, 6.45) is -1.30. The zero-order chi connectivity index (χ0) is 15.7. The van der Waals surface area contributed by atoms with Crippen molar-refractivity contribution < 1.29 is 33.9 Å². The molecule has 2 aliphatic heterocycles. The Bertz CT molecular complexity index is 572. The van der Waals surface area contributed by atoms with Crippen LogP contribution in [0.2, 0.25) is 0 Å². The molecule has 0 spiro atoms. The lowest BCUT2D eigenvalue weighted by atomic mass is 10.1. The van der Waals surface area contributed by atoms with Crippen molar-refractivity contribution in [1.82, 2.24) is 20.9 Å². The molecule has 0 bridgehead atoms. The molecule has 0 aliphatic carbocycles. The fourth-order valence-corrected chi connectivity index (χ4v) is 2.02. The molecule has 0 aromatic carbocycles. The highest BCUT2D eigenvalue weighted by Gasteiger charge is 2.45. The summed E-state index contributed by atoms with van der Waals surface area (Å²) in [6, 6.07) is -4.47. The molecular formula is C10H10N4O7. The van der Waals surface area contributed by atoms with Crippen molar-refractivity contribution >= 4 is 35.8 Å². The molecule has 2 heterocycles. The van der Waals surface area contributed by atoms with E-state index in [-0.39, 0.29) is 0 Å². The van der Waals surface area contributed by atoms with E-state index < -0.39 is 60.7 Å². The van der Waals surface area contributed by atoms with Gasteiger partial charge in [0, 0.05) is 0 Å². The molecule has 2 fully saturated rings. The Morgan fingerprint density at radius 2 is 1.71 bits per heavy atom. The van der Waals surface area contributed by atoms with Gasteiger partial charge in [-0.2, -0.15) is 0 Å². The van der Waals surface area contributed by atoms with Gasteiger partial charge >= 0.3 is 18.0 Å². The third-order valence-corrected chi connectivity index (χ3v) is 2.94. The standard InChI is InChI=1S/C10H10N4O7/c15-5(1-3-7(18)12-9(20)11-3)14-4(2-6(16)17)8(19)13-10(14)21/h3-4H,1-2H2,(H,16,17)(H,13,19,21)(H2,11,12,18,20). The van der Waals surface area contributed by atoms with Gasteiger partial charge in [-0.05, 0) is 0 Å². The molecule has 21 heavy (non-hydrogen) atoms. The summed E-state index contributed by atoms with van der Waals surface area (Å²) in [4.78, 5) is 68.3. The first-order valence-corrected chi connectivity index (χ1v) is 5.79. The van der Waals surface area contributed by atoms with Gasteiger partial charge in [0.25, 0.3) is 11.8 Å². The number of imide groups is 3. The Hall–Kier alpha value is -2.98. The van der Waals surface area contributed by atoms with E-state index in [0.717, 1.165) is 0 Å². The van der Waals surface area contributed by atoms with Gasteiger partial charge in [0.15, 0.2) is 0 Å². The number of carbonyl (C=O) groups excluding carboxylic acids is 5. The van der Waals surface area contributed by atoms with Crippen molar-refractivity contribution in [3.8, 4) is 0 Å². The van der Waals surface area contributed by atoms with Gasteiger partial charge in [0.2, 0.25) is 5.91 Å². The third kappa shape index (κ3) is 2.80. The van der Waals surface area contributed by atoms with Crippen LogP contribution >= 0.6 is 0 Å². The molecule has 7 amide bonds. The molecule has 11 heteroatoms. The topological polar surface area (TPSA) is 162 Å². The molecule has 2 unspecified atom stereocenters. The van der Waals surface area contributed by atoms with Crippen LogP contribution in [0.4, 0.5) is 9.59 Å². The van der Waals surface area contributed by atoms with Gasteiger partial charge in [-0.1, -0.05) is 0 Å². The second-order valence-electron chi connectivity index (χ2n) is 4.39. The lowest BCUT2D eigenvalue weighted by Gasteiger charge is -2.19. The van der Waals surface area contributed by atoms with E-state index in [4.69, 9.17) is 5.11 Å². The smallest absolute Gasteiger partial charge is 0.331 e. The Kier molecular flexibility index (Phi) is 3.56. The summed E-state index contributed by atoms with van der Waals surface area (Å²) >= 11 is 0. The Morgan fingerprint density at radius 3 is 2.24 bits per heavy atom. The highest BCUT2D eigenvalue weighted by molar-refractivity contribution is 6.14. The van der Waals surface area contributed by atoms with Gasteiger partial charge in [-0.15, -0.1) is 0 Å². The molecule has 112 valence electrons. The van der Waals surface area contributed by atoms with E-state index >= 15 is 0 Å². The van der Waals surface area contributed by atoms with E-state index in [1.165, 1.54) is 0 Å². The van der Waals surface area contributed by atoms with Gasteiger partial charge < -0.3 is 10.4 Å². The van der Waals surface area contributed by atoms with Crippen molar-refractivity contribution in [1.29, 1.82) is 0 Å². The zero-order valence-corrected chi connectivity index (χ0v) is 10.4. The summed E-state index contributed by atoms with van der Waals surface area (Å²) in [7, 11) is 0. The molecule has 2 atom stereocenters. The van der Waals surface area contributed by atoms with Crippen LogP contribution in [-0.2, 0) is 19.2 Å². The summed E-state index contributed by atoms with van der Waals surface area (Å²) in [6.45, 7) is 0. The van der Waals surface area contributed by atoms with Crippen LogP contribution in [0.15, 0.2) is 0 Å². The lowest BCUT2D eigenvalue weighted by molar-refractivity contribution is -0.142. The molecule has 2 rings (SSSR count). The SMILES string of the molecule is O=C(O)CC1C(=O)NC(=O)N1C(=O)CC1NC(=O)NC1=O. The van der Waals surface area contributed by atoms with Crippen molar-refractivity contribution in [3.63, 3.8) is 0 Å². The van der Waals surface area contributed by atoms with E-state index in [1.807, 2.05) is 10.6 Å². The average Bonchev–Trinajstić information content (AvgIpc) is 2.79. The highest BCUT2D eigenvalue weighted by atomic mass is 16.4. The van der Waals surface area contributed by atoms with Gasteiger partial charge in [0.05, 0.1) is 12.8 Å². The first-order valence-electron chi connectivity index (χ1n) is 5.79. The fourth-order valence-electron chi connectivity index (χ4n) is 2.02. The molecule has 2 saturated heterocycles. The summed E-state index contributed by atoms with van der Waals surface area (Å²) in [5, 5.41) is 14.6. The number of amides is 7. The monoisotopic (exact) mass is 298 g/mol. The largest absolute Gasteiger partial charge is 0.481 e. The van der Waals surface area contributed by atoms with Crippen molar-refractivity contribution in [3.05, 3.63) is 0 Å². The maximum absolute atomic E-state index is 12.0. The normalized spacial score (nSPS) is 24.7. The van der Waals surface area contributed by atoms with Crippen LogP contribution in [0.3, 0.4) is 0 Å². The van der Waals surface area contributed by atoms with Crippen molar-refractivity contribution in [2.24, 2.45) is 0 Å². The molecule has 0 aromatic rings. The zero-order valence-electron chi connectivity index (χ0n) is 10.4. The fraction of sp³-hybridized carbons (Fsp3) is 0.400. The van der Waals surface area contributed by atoms with Crippen LogP contribution in [0.1, 0.15) is 12.8 Å². The Balaban J connectivity index is 2.10. The predicted octanol–water partition coefficient (Wildman–Crippen LogP) is -2.49. The van der Waals surface area contributed by atoms with Crippen LogP contribution in [0.5, 0.6) is 0 Å². The molecule has 0 saturated carbocycles. The number of nitrogens with one attached hydrogen (secondary N) is 3. The number of carboxylic acids is 1.